The van der Waals surface area contributed by atoms with E-state index >= 15 is 0 Å². The Morgan fingerprint density at radius 3 is 2.02 bits per heavy atom. The van der Waals surface area contributed by atoms with Crippen molar-refractivity contribution in [3.63, 3.8) is 0 Å². The highest BCUT2D eigenvalue weighted by Crippen LogP contribution is 2.66. The third kappa shape index (κ3) is 4.32. The number of carbonyl (C=O) groups excluding carboxylic acids is 4. The normalized spacial score (nSPS) is 29.8. The maximum absolute atomic E-state index is 14.5. The van der Waals surface area contributed by atoms with Gasteiger partial charge in [-0.15, -0.1) is 23.2 Å². The average molecular weight is 744 g/mol. The summed E-state index contributed by atoms with van der Waals surface area (Å²) in [6.07, 6.45) is 1.74. The Labute approximate surface area is 286 Å². The fraction of sp³-hybridized carbons (Fsp3) is 0.294. The van der Waals surface area contributed by atoms with Gasteiger partial charge in [0.15, 0.2) is 21.2 Å². The summed E-state index contributed by atoms with van der Waals surface area (Å²) in [6, 6.07) is 14.5. The number of rotatable bonds is 5. The topological polar surface area (TPSA) is 113 Å². The molecular formula is C34H26BrCl2FN2O7. The standard InChI is InChI=1S/C34H26BrCl2FN2O7/c1-46-24-13-16(14-25(47-2)28(24)41)27-21-11-12-22-26(30(43)39(29(22)42)19-7-3-17(35)4-8-19)23(21)15-33(36)31(44)40(32(45)34(27,33)37)20-9-5-18(38)6-10-20/h3-11,13-14,22-23,26-27,41H,12,15H2,1-2H3. The van der Waals surface area contributed by atoms with Gasteiger partial charge >= 0.3 is 0 Å². The van der Waals surface area contributed by atoms with E-state index in [1.54, 1.807) is 30.3 Å². The summed E-state index contributed by atoms with van der Waals surface area (Å²) in [4.78, 5) is 54.7. The maximum Gasteiger partial charge on any atom is 0.258 e. The molecule has 0 bridgehead atoms. The van der Waals surface area contributed by atoms with Crippen LogP contribution in [0.25, 0.3) is 0 Å². The number of anilines is 2. The lowest BCUT2D eigenvalue weighted by molar-refractivity contribution is -0.125. The van der Waals surface area contributed by atoms with Crippen LogP contribution < -0.4 is 19.3 Å². The molecule has 6 atom stereocenters. The zero-order valence-electron chi connectivity index (χ0n) is 24.9. The van der Waals surface area contributed by atoms with Gasteiger partial charge in [0, 0.05) is 10.4 Å². The number of hydrogen-bond donors (Lipinski definition) is 1. The molecule has 47 heavy (non-hydrogen) atoms. The van der Waals surface area contributed by atoms with Gasteiger partial charge in [0.2, 0.25) is 17.6 Å². The minimum atomic E-state index is -2.15. The minimum Gasteiger partial charge on any atom is -0.502 e. The second-order valence-corrected chi connectivity index (χ2v) is 14.2. The van der Waals surface area contributed by atoms with Crippen LogP contribution in [0.2, 0.25) is 0 Å². The quantitative estimate of drug-likeness (QED) is 0.192. The number of allylic oxidation sites excluding steroid dienone is 2. The fourth-order valence-corrected chi connectivity index (χ4v) is 8.90. The van der Waals surface area contributed by atoms with Gasteiger partial charge in [0.25, 0.3) is 11.8 Å². The number of amides is 4. The Morgan fingerprint density at radius 1 is 0.851 bits per heavy atom. The van der Waals surface area contributed by atoms with E-state index in [4.69, 9.17) is 32.7 Å². The number of hydrogen-bond acceptors (Lipinski definition) is 7. The average Bonchev–Trinajstić information content (AvgIpc) is 3.40. The molecule has 0 aromatic heterocycles. The Balaban J connectivity index is 1.43. The molecule has 242 valence electrons. The number of halogens is 4. The highest BCUT2D eigenvalue weighted by Gasteiger charge is 2.76. The SMILES string of the molecule is COc1cc(C2C3=CCC4C(=O)N(c5ccc(Br)cc5)C(=O)C4C3CC3(Cl)C(=O)N(c4ccc(F)cc4)C(=O)C23Cl)cc(OC)c1O. The van der Waals surface area contributed by atoms with Crippen molar-refractivity contribution in [1.82, 2.24) is 0 Å². The third-order valence-electron chi connectivity index (χ3n) is 9.82. The van der Waals surface area contributed by atoms with Gasteiger partial charge in [-0.1, -0.05) is 27.6 Å². The number of ether oxygens (including phenoxy) is 2. The zero-order valence-corrected chi connectivity index (χ0v) is 28.0. The molecule has 3 aromatic rings. The number of phenolic OH excluding ortho intramolecular Hbond substituents is 1. The summed E-state index contributed by atoms with van der Waals surface area (Å²) in [5.74, 6) is -6.93. The van der Waals surface area contributed by atoms with Crippen molar-refractivity contribution in [3.8, 4) is 17.2 Å². The van der Waals surface area contributed by atoms with Gasteiger partial charge in [-0.3, -0.25) is 24.1 Å². The second-order valence-electron chi connectivity index (χ2n) is 12.0. The molecule has 1 N–H and O–H groups in total. The predicted molar refractivity (Wildman–Crippen MR) is 174 cm³/mol. The monoisotopic (exact) mass is 742 g/mol. The number of aromatic hydroxyl groups is 1. The van der Waals surface area contributed by atoms with Crippen molar-refractivity contribution in [2.75, 3.05) is 24.0 Å². The number of nitrogens with zero attached hydrogens (tertiary/aromatic N) is 2. The molecule has 6 unspecified atom stereocenters. The molecular weight excluding hydrogens is 718 g/mol. The van der Waals surface area contributed by atoms with E-state index in [1.807, 2.05) is 0 Å². The number of alkyl halides is 2. The number of phenols is 1. The third-order valence-corrected chi connectivity index (χ3v) is 11.8. The van der Waals surface area contributed by atoms with Crippen LogP contribution in [-0.2, 0) is 19.2 Å². The van der Waals surface area contributed by atoms with Crippen LogP contribution in [0.4, 0.5) is 15.8 Å². The van der Waals surface area contributed by atoms with Crippen LogP contribution in [0.3, 0.4) is 0 Å². The molecule has 0 spiro atoms. The molecule has 7 rings (SSSR count). The number of imide groups is 2. The largest absolute Gasteiger partial charge is 0.502 e. The summed E-state index contributed by atoms with van der Waals surface area (Å²) in [5.41, 5.74) is 1.35. The molecule has 2 saturated heterocycles. The fourth-order valence-electron chi connectivity index (χ4n) is 7.70. The summed E-state index contributed by atoms with van der Waals surface area (Å²) >= 11 is 18.2. The molecule has 3 fully saturated rings. The zero-order chi connectivity index (χ0) is 33.6. The van der Waals surface area contributed by atoms with Gasteiger partial charge in [-0.2, -0.15) is 0 Å². The highest BCUT2D eigenvalue weighted by molar-refractivity contribution is 9.10. The molecule has 0 radical (unpaired) electrons. The molecule has 4 amide bonds. The van der Waals surface area contributed by atoms with Crippen LogP contribution >= 0.6 is 39.1 Å². The van der Waals surface area contributed by atoms with Crippen LogP contribution in [0.15, 0.2) is 76.8 Å². The van der Waals surface area contributed by atoms with E-state index < -0.39 is 57.0 Å². The van der Waals surface area contributed by atoms with E-state index in [0.717, 1.165) is 26.4 Å². The number of carbonyl (C=O) groups is 4. The molecule has 2 aliphatic carbocycles. The van der Waals surface area contributed by atoms with Crippen LogP contribution in [0.1, 0.15) is 24.3 Å². The Morgan fingerprint density at radius 2 is 1.43 bits per heavy atom. The predicted octanol–water partition coefficient (Wildman–Crippen LogP) is 6.08. The van der Waals surface area contributed by atoms with Crippen molar-refractivity contribution in [2.45, 2.75) is 28.5 Å². The summed E-state index contributed by atoms with van der Waals surface area (Å²) < 4.78 is 25.5. The Bertz CT molecular complexity index is 1880. The molecule has 9 nitrogen and oxygen atoms in total. The van der Waals surface area contributed by atoms with Gasteiger partial charge in [-0.25, -0.2) is 9.29 Å². The second kappa shape index (κ2) is 11.1. The van der Waals surface area contributed by atoms with Gasteiger partial charge in [-0.05, 0) is 85.0 Å². The molecule has 2 heterocycles. The van der Waals surface area contributed by atoms with Crippen molar-refractivity contribution in [2.24, 2.45) is 17.8 Å². The van der Waals surface area contributed by atoms with Gasteiger partial charge in [0.05, 0.1) is 37.4 Å². The Kier molecular flexibility index (Phi) is 7.46. The summed E-state index contributed by atoms with van der Waals surface area (Å²) in [6.45, 7) is 0. The number of fused-ring (bicyclic) bond motifs is 4. The van der Waals surface area contributed by atoms with Gasteiger partial charge in [0.1, 0.15) is 5.82 Å². The van der Waals surface area contributed by atoms with E-state index in [9.17, 15) is 28.7 Å². The van der Waals surface area contributed by atoms with Crippen molar-refractivity contribution < 1.29 is 38.1 Å². The smallest absolute Gasteiger partial charge is 0.258 e. The van der Waals surface area contributed by atoms with Crippen molar-refractivity contribution in [3.05, 3.63) is 88.2 Å². The summed E-state index contributed by atoms with van der Waals surface area (Å²) in [7, 11) is 2.68. The lowest BCUT2D eigenvalue weighted by Crippen LogP contribution is -2.60. The van der Waals surface area contributed by atoms with Crippen LogP contribution in [-0.4, -0.2) is 52.7 Å². The molecule has 4 aliphatic rings. The van der Waals surface area contributed by atoms with E-state index in [-0.39, 0.29) is 41.7 Å². The van der Waals surface area contributed by atoms with E-state index in [2.05, 4.69) is 15.9 Å². The molecule has 3 aromatic carbocycles. The highest BCUT2D eigenvalue weighted by atomic mass is 79.9. The maximum atomic E-state index is 14.5. The first-order chi connectivity index (χ1) is 22.4. The molecule has 1 saturated carbocycles. The van der Waals surface area contributed by atoms with E-state index in [0.29, 0.717) is 16.8 Å². The molecule has 2 aliphatic heterocycles. The molecule has 13 heteroatoms. The van der Waals surface area contributed by atoms with E-state index in [1.165, 1.54) is 38.5 Å². The van der Waals surface area contributed by atoms with Crippen LogP contribution in [0, 0.1) is 23.6 Å². The lowest BCUT2D eigenvalue weighted by Gasteiger charge is -2.50. The number of benzene rings is 3. The first-order valence-electron chi connectivity index (χ1n) is 14.7. The summed E-state index contributed by atoms with van der Waals surface area (Å²) in [5, 5.41) is 10.7. The first-order valence-corrected chi connectivity index (χ1v) is 16.2. The lowest BCUT2D eigenvalue weighted by atomic mass is 9.56. The van der Waals surface area contributed by atoms with Crippen molar-refractivity contribution >= 4 is 74.1 Å². The van der Waals surface area contributed by atoms with Gasteiger partial charge < -0.3 is 14.6 Å². The van der Waals surface area contributed by atoms with Crippen LogP contribution in [0.5, 0.6) is 17.2 Å². The Hall–Kier alpha value is -3.93. The van der Waals surface area contributed by atoms with Crippen molar-refractivity contribution in [1.29, 1.82) is 0 Å². The number of methoxy groups -OCH3 is 2. The minimum absolute atomic E-state index is 0.0110. The first kappa shape index (κ1) is 31.7.